The maximum atomic E-state index is 12.6. The number of hydrogen-bond acceptors (Lipinski definition) is 3. The molecule has 2 atom stereocenters. The highest BCUT2D eigenvalue weighted by molar-refractivity contribution is 7.99. The molecule has 2 fully saturated rings. The first kappa shape index (κ1) is 14.2. The molecule has 1 aromatic rings. The molecule has 2 unspecified atom stereocenters. The average molecular weight is 311 g/mol. The van der Waals surface area contributed by atoms with E-state index in [1.165, 1.54) is 0 Å². The minimum Gasteiger partial charge on any atom is -0.320 e. The summed E-state index contributed by atoms with van der Waals surface area (Å²) >= 11 is 7.88. The minimum absolute atomic E-state index is 0.0432. The molecule has 1 saturated heterocycles. The molecule has 3 nitrogen and oxygen atoms in total. The summed E-state index contributed by atoms with van der Waals surface area (Å²) < 4.78 is 0. The number of halogens is 1. The van der Waals surface area contributed by atoms with E-state index in [1.54, 1.807) is 11.8 Å². The fourth-order valence-electron chi connectivity index (χ4n) is 2.76. The highest BCUT2D eigenvalue weighted by Crippen LogP contribution is 2.46. The monoisotopic (exact) mass is 310 g/mol. The number of nitrogens with zero attached hydrogens (tertiary/aromatic N) is 1. The molecule has 1 saturated carbocycles. The third-order valence-corrected chi connectivity index (χ3v) is 5.35. The van der Waals surface area contributed by atoms with Crippen molar-refractivity contribution >= 4 is 29.3 Å². The summed E-state index contributed by atoms with van der Waals surface area (Å²) in [7, 11) is 0. The lowest BCUT2D eigenvalue weighted by molar-refractivity contribution is -0.130. The van der Waals surface area contributed by atoms with Crippen molar-refractivity contribution in [2.45, 2.75) is 36.7 Å². The lowest BCUT2D eigenvalue weighted by atomic mass is 10.1. The van der Waals surface area contributed by atoms with Crippen LogP contribution >= 0.6 is 23.4 Å². The average Bonchev–Trinajstić information content (AvgIpc) is 3.17. The Morgan fingerprint density at radius 2 is 2.30 bits per heavy atom. The zero-order valence-corrected chi connectivity index (χ0v) is 13.3. The Hall–Kier alpha value is -0.710. The van der Waals surface area contributed by atoms with Crippen molar-refractivity contribution in [1.29, 1.82) is 0 Å². The second-order valence-electron chi connectivity index (χ2n) is 5.69. The van der Waals surface area contributed by atoms with E-state index in [0.717, 1.165) is 24.9 Å². The highest BCUT2D eigenvalue weighted by Gasteiger charge is 2.59. The molecule has 1 spiro atoms. The number of amides is 1. The summed E-state index contributed by atoms with van der Waals surface area (Å²) in [6.07, 6.45) is 3.94. The van der Waals surface area contributed by atoms with Crippen LogP contribution in [-0.4, -0.2) is 34.4 Å². The standard InChI is InChI=1S/C15H19ClN2OS/c1-10(20-2)9-18-13(11-4-3-5-12(16)8-11)17-15(6-7-15)14(18)19/h3-5,8,10,13,17H,6-7,9H2,1-2H3. The van der Waals surface area contributed by atoms with Crippen LogP contribution in [0, 0.1) is 0 Å². The molecule has 2 aliphatic rings. The molecule has 1 aromatic carbocycles. The number of carbonyl (C=O) groups excluding carboxylic acids is 1. The SMILES string of the molecule is CSC(C)CN1C(=O)C2(CC2)NC1c1cccc(Cl)c1. The van der Waals surface area contributed by atoms with Gasteiger partial charge in [0.1, 0.15) is 11.7 Å². The van der Waals surface area contributed by atoms with Gasteiger partial charge in [0.2, 0.25) is 5.91 Å². The molecule has 1 amide bonds. The van der Waals surface area contributed by atoms with Gasteiger partial charge in [-0.25, -0.2) is 0 Å². The summed E-state index contributed by atoms with van der Waals surface area (Å²) in [5.74, 6) is 0.253. The summed E-state index contributed by atoms with van der Waals surface area (Å²) in [5, 5.41) is 4.66. The van der Waals surface area contributed by atoms with Gasteiger partial charge >= 0.3 is 0 Å². The van der Waals surface area contributed by atoms with Crippen LogP contribution in [0.2, 0.25) is 5.02 Å². The second-order valence-corrected chi connectivity index (χ2v) is 7.40. The topological polar surface area (TPSA) is 32.3 Å². The Morgan fingerprint density at radius 1 is 1.55 bits per heavy atom. The van der Waals surface area contributed by atoms with Gasteiger partial charge in [-0.2, -0.15) is 11.8 Å². The van der Waals surface area contributed by atoms with Crippen molar-refractivity contribution in [3.8, 4) is 0 Å². The molecular weight excluding hydrogens is 292 g/mol. The lowest BCUT2D eigenvalue weighted by Gasteiger charge is -2.27. The molecule has 108 valence electrons. The van der Waals surface area contributed by atoms with Crippen LogP contribution in [-0.2, 0) is 4.79 Å². The van der Waals surface area contributed by atoms with Gasteiger partial charge in [0, 0.05) is 16.8 Å². The van der Waals surface area contributed by atoms with E-state index in [0.29, 0.717) is 10.3 Å². The third-order valence-electron chi connectivity index (χ3n) is 4.17. The van der Waals surface area contributed by atoms with Crippen molar-refractivity contribution in [2.24, 2.45) is 0 Å². The number of hydrogen-bond donors (Lipinski definition) is 1. The van der Waals surface area contributed by atoms with Crippen molar-refractivity contribution in [2.75, 3.05) is 12.8 Å². The Kier molecular flexibility index (Phi) is 3.73. The summed E-state index contributed by atoms with van der Waals surface area (Å²) in [6.45, 7) is 2.93. The van der Waals surface area contributed by atoms with Gasteiger partial charge in [-0.1, -0.05) is 30.7 Å². The van der Waals surface area contributed by atoms with Gasteiger partial charge in [0.15, 0.2) is 0 Å². The Labute approximate surface area is 129 Å². The predicted octanol–water partition coefficient (Wildman–Crippen LogP) is 3.05. The fourth-order valence-corrected chi connectivity index (χ4v) is 3.26. The van der Waals surface area contributed by atoms with E-state index in [9.17, 15) is 4.79 Å². The summed E-state index contributed by atoms with van der Waals surface area (Å²) in [5.41, 5.74) is 0.786. The van der Waals surface area contributed by atoms with E-state index in [2.05, 4.69) is 18.5 Å². The number of benzene rings is 1. The molecule has 1 heterocycles. The molecule has 1 N–H and O–H groups in total. The van der Waals surface area contributed by atoms with Gasteiger partial charge in [-0.15, -0.1) is 0 Å². The van der Waals surface area contributed by atoms with Crippen molar-refractivity contribution in [1.82, 2.24) is 10.2 Å². The van der Waals surface area contributed by atoms with Gasteiger partial charge in [-0.3, -0.25) is 10.1 Å². The van der Waals surface area contributed by atoms with Gasteiger partial charge < -0.3 is 4.90 Å². The molecule has 1 aliphatic heterocycles. The first-order valence-electron chi connectivity index (χ1n) is 6.93. The third kappa shape index (κ3) is 2.45. The molecule has 0 radical (unpaired) electrons. The Bertz CT molecular complexity index is 532. The largest absolute Gasteiger partial charge is 0.320 e. The molecule has 1 aliphatic carbocycles. The van der Waals surface area contributed by atoms with E-state index < -0.39 is 0 Å². The molecule has 20 heavy (non-hydrogen) atoms. The molecular formula is C15H19ClN2OS. The minimum atomic E-state index is -0.287. The van der Waals surface area contributed by atoms with Crippen molar-refractivity contribution in [3.63, 3.8) is 0 Å². The van der Waals surface area contributed by atoms with E-state index in [4.69, 9.17) is 11.6 Å². The van der Waals surface area contributed by atoms with Crippen LogP contribution < -0.4 is 5.32 Å². The fraction of sp³-hybridized carbons (Fsp3) is 0.533. The Balaban J connectivity index is 1.89. The van der Waals surface area contributed by atoms with E-state index in [1.807, 2.05) is 29.2 Å². The molecule has 0 aromatic heterocycles. The van der Waals surface area contributed by atoms with Gasteiger partial charge in [0.25, 0.3) is 0 Å². The van der Waals surface area contributed by atoms with Crippen LogP contribution in [0.1, 0.15) is 31.5 Å². The lowest BCUT2D eigenvalue weighted by Crippen LogP contribution is -2.36. The van der Waals surface area contributed by atoms with Crippen molar-refractivity contribution in [3.05, 3.63) is 34.9 Å². The van der Waals surface area contributed by atoms with Crippen LogP contribution in [0.15, 0.2) is 24.3 Å². The van der Waals surface area contributed by atoms with Crippen molar-refractivity contribution < 1.29 is 4.79 Å². The number of rotatable bonds is 4. The van der Waals surface area contributed by atoms with Crippen LogP contribution in [0.3, 0.4) is 0 Å². The number of carbonyl (C=O) groups is 1. The summed E-state index contributed by atoms with van der Waals surface area (Å²) in [4.78, 5) is 14.6. The van der Waals surface area contributed by atoms with Crippen LogP contribution in [0.5, 0.6) is 0 Å². The maximum absolute atomic E-state index is 12.6. The van der Waals surface area contributed by atoms with Crippen LogP contribution in [0.4, 0.5) is 0 Å². The summed E-state index contributed by atoms with van der Waals surface area (Å²) in [6, 6.07) is 7.79. The second kappa shape index (κ2) is 5.24. The zero-order valence-electron chi connectivity index (χ0n) is 11.7. The quantitative estimate of drug-likeness (QED) is 0.927. The normalized spacial score (nSPS) is 25.2. The molecule has 5 heteroatoms. The molecule has 3 rings (SSSR count). The predicted molar refractivity (Wildman–Crippen MR) is 84.0 cm³/mol. The smallest absolute Gasteiger partial charge is 0.244 e. The van der Waals surface area contributed by atoms with Crippen LogP contribution in [0.25, 0.3) is 0 Å². The zero-order chi connectivity index (χ0) is 14.3. The maximum Gasteiger partial charge on any atom is 0.244 e. The molecule has 0 bridgehead atoms. The van der Waals surface area contributed by atoms with E-state index >= 15 is 0 Å². The first-order valence-corrected chi connectivity index (χ1v) is 8.59. The Morgan fingerprint density at radius 3 is 2.90 bits per heavy atom. The number of thioether (sulfide) groups is 1. The highest BCUT2D eigenvalue weighted by atomic mass is 35.5. The van der Waals surface area contributed by atoms with Gasteiger partial charge in [0.05, 0.1) is 0 Å². The number of nitrogens with one attached hydrogen (secondary N) is 1. The first-order chi connectivity index (χ1) is 9.55. The van der Waals surface area contributed by atoms with Gasteiger partial charge in [-0.05, 0) is 36.8 Å². The van der Waals surface area contributed by atoms with E-state index in [-0.39, 0.29) is 17.6 Å².